The fraction of sp³-hybridized carbons (Fsp3) is 0.105. The number of benzene rings is 4. The summed E-state index contributed by atoms with van der Waals surface area (Å²) in [5.41, 5.74) is 5.61. The number of carbonyl (C=O) groups is 1. The molecule has 0 fully saturated rings. The first-order chi connectivity index (χ1) is 23.5. The summed E-state index contributed by atoms with van der Waals surface area (Å²) < 4.78 is 53.2. The molecule has 0 saturated carbocycles. The molecule has 0 bridgehead atoms. The van der Waals surface area contributed by atoms with Gasteiger partial charge in [0.1, 0.15) is 22.9 Å². The Balaban J connectivity index is 1.50. The van der Waals surface area contributed by atoms with E-state index in [4.69, 9.17) is 9.15 Å². The second kappa shape index (κ2) is 12.3. The van der Waals surface area contributed by atoms with Gasteiger partial charge in [0.15, 0.2) is 0 Å². The number of methoxy groups -OCH3 is 1. The van der Waals surface area contributed by atoms with Crippen LogP contribution < -0.4 is 13.9 Å². The highest BCUT2D eigenvalue weighted by atomic mass is 32.2. The number of ether oxygens (including phenoxy) is 1. The number of pyridine rings is 1. The molecule has 0 aliphatic carbocycles. The Kier molecular flexibility index (Phi) is 7.92. The molecular weight excluding hydrogens is 644 g/mol. The summed E-state index contributed by atoms with van der Waals surface area (Å²) >= 11 is 0. The van der Waals surface area contributed by atoms with Gasteiger partial charge in [-0.2, -0.15) is 0 Å². The SMILES string of the molecule is COc1ccc(-c2cc3c(C(=O)N(C)c4cccnc4)c(-c4ccc(F)cc4)oc3cc2N(C)S(C)(=O)=O)cc1-c1cc2ccccc2[nH]1. The van der Waals surface area contributed by atoms with E-state index in [1.807, 2.05) is 48.5 Å². The monoisotopic (exact) mass is 674 g/mol. The van der Waals surface area contributed by atoms with Gasteiger partial charge >= 0.3 is 0 Å². The van der Waals surface area contributed by atoms with Crippen molar-refractivity contribution >= 4 is 49.2 Å². The first-order valence-electron chi connectivity index (χ1n) is 15.3. The number of H-pyrrole nitrogens is 1. The van der Waals surface area contributed by atoms with E-state index in [1.165, 1.54) is 40.5 Å². The maximum absolute atomic E-state index is 14.4. The lowest BCUT2D eigenvalue weighted by Crippen LogP contribution is -2.26. The third-order valence-corrected chi connectivity index (χ3v) is 9.82. The lowest BCUT2D eigenvalue weighted by Gasteiger charge is -2.21. The predicted octanol–water partition coefficient (Wildman–Crippen LogP) is 8.13. The maximum atomic E-state index is 14.4. The molecule has 49 heavy (non-hydrogen) atoms. The number of nitrogens with zero attached hydrogens (tertiary/aromatic N) is 3. The Morgan fingerprint density at radius 2 is 1.65 bits per heavy atom. The molecule has 11 heteroatoms. The standard InChI is InChI=1S/C38H31FN4O5S/c1-42(27-9-7-17-40-22-27)38(44)36-30-20-28(24-13-16-34(47-3)29(18-24)32-19-25-8-5-6-10-31(25)41-32)33(43(2)49(4,45)46)21-35(30)48-37(36)23-11-14-26(39)15-12-23/h5-22,41H,1-4H3. The second-order valence-electron chi connectivity index (χ2n) is 11.7. The lowest BCUT2D eigenvalue weighted by molar-refractivity contribution is 0.0994. The van der Waals surface area contributed by atoms with E-state index in [0.717, 1.165) is 28.4 Å². The van der Waals surface area contributed by atoms with Crippen LogP contribution >= 0.6 is 0 Å². The molecule has 3 aromatic heterocycles. The molecule has 1 N–H and O–H groups in total. The van der Waals surface area contributed by atoms with Gasteiger partial charge in [-0.25, -0.2) is 12.8 Å². The van der Waals surface area contributed by atoms with Crippen molar-refractivity contribution in [2.75, 3.05) is 36.7 Å². The number of para-hydroxylation sites is 1. The van der Waals surface area contributed by atoms with Crippen molar-refractivity contribution in [1.82, 2.24) is 9.97 Å². The van der Waals surface area contributed by atoms with Crippen molar-refractivity contribution < 1.29 is 26.8 Å². The molecule has 0 spiro atoms. The van der Waals surface area contributed by atoms with E-state index in [1.54, 1.807) is 50.8 Å². The summed E-state index contributed by atoms with van der Waals surface area (Å²) in [5, 5.41) is 1.47. The molecule has 0 saturated heterocycles. The zero-order chi connectivity index (χ0) is 34.4. The number of amides is 1. The topological polar surface area (TPSA) is 109 Å². The molecule has 7 rings (SSSR count). The van der Waals surface area contributed by atoms with Crippen LogP contribution in [0.4, 0.5) is 15.8 Å². The highest BCUT2D eigenvalue weighted by Gasteiger charge is 2.29. The number of aromatic amines is 1. The van der Waals surface area contributed by atoms with Crippen LogP contribution in [0, 0.1) is 5.82 Å². The van der Waals surface area contributed by atoms with Crippen molar-refractivity contribution in [2.24, 2.45) is 0 Å². The Morgan fingerprint density at radius 3 is 2.35 bits per heavy atom. The molecule has 3 heterocycles. The van der Waals surface area contributed by atoms with Gasteiger partial charge in [-0.1, -0.05) is 24.3 Å². The Bertz CT molecular complexity index is 2440. The van der Waals surface area contributed by atoms with E-state index < -0.39 is 21.7 Å². The fourth-order valence-electron chi connectivity index (χ4n) is 5.96. The largest absolute Gasteiger partial charge is 0.496 e. The van der Waals surface area contributed by atoms with Gasteiger partial charge in [-0.15, -0.1) is 0 Å². The molecule has 0 aliphatic heterocycles. The molecule has 0 unspecified atom stereocenters. The summed E-state index contributed by atoms with van der Waals surface area (Å²) in [4.78, 5) is 23.4. The number of aromatic nitrogens is 2. The molecule has 246 valence electrons. The van der Waals surface area contributed by atoms with Crippen molar-refractivity contribution in [1.29, 1.82) is 0 Å². The summed E-state index contributed by atoms with van der Waals surface area (Å²) in [6, 6.07) is 28.1. The molecule has 0 atom stereocenters. The van der Waals surface area contributed by atoms with Crippen molar-refractivity contribution in [3.8, 4) is 39.5 Å². The lowest BCUT2D eigenvalue weighted by atomic mass is 9.96. The number of anilines is 2. The van der Waals surface area contributed by atoms with E-state index >= 15 is 0 Å². The first kappa shape index (κ1) is 31.6. The third kappa shape index (κ3) is 5.78. The molecular formula is C38H31FN4O5S. The van der Waals surface area contributed by atoms with Crippen LogP contribution in [0.3, 0.4) is 0 Å². The average Bonchev–Trinajstić information content (AvgIpc) is 3.72. The van der Waals surface area contributed by atoms with Crippen molar-refractivity contribution in [3.05, 3.63) is 121 Å². The van der Waals surface area contributed by atoms with Gasteiger partial charge in [-0.3, -0.25) is 14.1 Å². The van der Waals surface area contributed by atoms with Crippen molar-refractivity contribution in [3.63, 3.8) is 0 Å². The van der Waals surface area contributed by atoms with Gasteiger partial charge in [-0.05, 0) is 72.3 Å². The smallest absolute Gasteiger partial charge is 0.262 e. The Morgan fingerprint density at radius 1 is 0.898 bits per heavy atom. The number of furan rings is 1. The predicted molar refractivity (Wildman–Crippen MR) is 191 cm³/mol. The minimum absolute atomic E-state index is 0.217. The number of nitrogens with one attached hydrogen (secondary N) is 1. The van der Waals surface area contributed by atoms with E-state index in [-0.39, 0.29) is 16.9 Å². The number of halogens is 1. The molecule has 4 aromatic carbocycles. The van der Waals surface area contributed by atoms with E-state index in [0.29, 0.717) is 39.2 Å². The van der Waals surface area contributed by atoms with Crippen LogP contribution in [-0.2, 0) is 10.0 Å². The molecule has 1 amide bonds. The van der Waals surface area contributed by atoms with Gasteiger partial charge < -0.3 is 19.0 Å². The average molecular weight is 675 g/mol. The number of rotatable bonds is 8. The Labute approximate surface area is 282 Å². The number of fused-ring (bicyclic) bond motifs is 2. The van der Waals surface area contributed by atoms with E-state index in [9.17, 15) is 17.6 Å². The zero-order valence-electron chi connectivity index (χ0n) is 27.1. The minimum atomic E-state index is -3.74. The molecule has 0 radical (unpaired) electrons. The number of hydrogen-bond acceptors (Lipinski definition) is 6. The molecule has 9 nitrogen and oxygen atoms in total. The van der Waals surface area contributed by atoms with Crippen molar-refractivity contribution in [2.45, 2.75) is 0 Å². The minimum Gasteiger partial charge on any atom is -0.496 e. The van der Waals surface area contributed by atoms with Gasteiger partial charge in [0.25, 0.3) is 5.91 Å². The van der Waals surface area contributed by atoms with Gasteiger partial charge in [0, 0.05) is 59.3 Å². The van der Waals surface area contributed by atoms with Crippen LogP contribution in [0.15, 0.2) is 114 Å². The van der Waals surface area contributed by atoms with Crippen LogP contribution in [0.5, 0.6) is 5.75 Å². The first-order valence-corrected chi connectivity index (χ1v) is 17.1. The van der Waals surface area contributed by atoms with Gasteiger partial charge in [0.2, 0.25) is 10.0 Å². The van der Waals surface area contributed by atoms with Gasteiger partial charge in [0.05, 0.1) is 42.2 Å². The van der Waals surface area contributed by atoms with Crippen LogP contribution in [0.2, 0.25) is 0 Å². The number of carbonyl (C=O) groups excluding carboxylic acids is 1. The summed E-state index contributed by atoms with van der Waals surface area (Å²) in [6.45, 7) is 0. The van der Waals surface area contributed by atoms with Crippen LogP contribution in [0.25, 0.3) is 55.6 Å². The zero-order valence-corrected chi connectivity index (χ0v) is 27.9. The molecule has 0 aliphatic rings. The quantitative estimate of drug-likeness (QED) is 0.174. The Hall–Kier alpha value is -5.94. The summed E-state index contributed by atoms with van der Waals surface area (Å²) in [7, 11) is 0.957. The van der Waals surface area contributed by atoms with Crippen LogP contribution in [0.1, 0.15) is 10.4 Å². The fourth-order valence-corrected chi connectivity index (χ4v) is 6.47. The molecule has 7 aromatic rings. The number of sulfonamides is 1. The number of hydrogen-bond donors (Lipinski definition) is 1. The highest BCUT2D eigenvalue weighted by molar-refractivity contribution is 7.92. The summed E-state index contributed by atoms with van der Waals surface area (Å²) in [6.07, 6.45) is 4.31. The summed E-state index contributed by atoms with van der Waals surface area (Å²) in [5.74, 6) is -0.000748. The highest BCUT2D eigenvalue weighted by Crippen LogP contribution is 2.44. The normalized spacial score (nSPS) is 11.6. The second-order valence-corrected chi connectivity index (χ2v) is 13.7. The van der Waals surface area contributed by atoms with Crippen LogP contribution in [-0.4, -0.2) is 51.8 Å². The van der Waals surface area contributed by atoms with E-state index in [2.05, 4.69) is 9.97 Å². The third-order valence-electron chi connectivity index (χ3n) is 8.63. The maximum Gasteiger partial charge on any atom is 0.262 e.